The predicted molar refractivity (Wildman–Crippen MR) is 66.5 cm³/mol. The van der Waals surface area contributed by atoms with Crippen molar-refractivity contribution in [2.45, 2.75) is 6.92 Å². The zero-order valence-electron chi connectivity index (χ0n) is 9.47. The molecule has 2 aromatic rings. The van der Waals surface area contributed by atoms with Crippen molar-refractivity contribution in [2.75, 3.05) is 0 Å². The highest BCUT2D eigenvalue weighted by Gasteiger charge is 2.08. The van der Waals surface area contributed by atoms with Gasteiger partial charge in [-0.15, -0.1) is 0 Å². The molecular weight excluding hydrogens is 214 g/mol. The van der Waals surface area contributed by atoms with Crippen LogP contribution >= 0.6 is 0 Å². The third kappa shape index (κ3) is 2.42. The molecule has 0 aliphatic heterocycles. The van der Waals surface area contributed by atoms with E-state index in [0.29, 0.717) is 17.1 Å². The summed E-state index contributed by atoms with van der Waals surface area (Å²) >= 11 is 0. The van der Waals surface area contributed by atoms with Crippen molar-refractivity contribution in [2.24, 2.45) is 5.73 Å². The summed E-state index contributed by atoms with van der Waals surface area (Å²) < 4.78 is 5.72. The standard InChI is InChI=1S/C13H13N3O/c1-9-11(7-4-8-16-9)17-12-6-3-2-5-10(12)13(14)15/h2-8H,1H3,(H3,14,15). The van der Waals surface area contributed by atoms with Crippen LogP contribution in [0.25, 0.3) is 0 Å². The van der Waals surface area contributed by atoms with Crippen molar-refractivity contribution in [1.82, 2.24) is 4.98 Å². The number of nitrogens with one attached hydrogen (secondary N) is 1. The lowest BCUT2D eigenvalue weighted by Gasteiger charge is -2.11. The second-order valence-electron chi connectivity index (χ2n) is 3.60. The van der Waals surface area contributed by atoms with Crippen LogP contribution in [0.3, 0.4) is 0 Å². The molecule has 0 aliphatic carbocycles. The molecule has 0 amide bonds. The highest BCUT2D eigenvalue weighted by molar-refractivity contribution is 5.97. The van der Waals surface area contributed by atoms with Gasteiger partial charge in [-0.25, -0.2) is 0 Å². The Morgan fingerprint density at radius 1 is 1.18 bits per heavy atom. The summed E-state index contributed by atoms with van der Waals surface area (Å²) in [6.45, 7) is 1.87. The number of benzene rings is 1. The summed E-state index contributed by atoms with van der Waals surface area (Å²) in [7, 11) is 0. The third-order valence-electron chi connectivity index (χ3n) is 2.36. The first-order chi connectivity index (χ1) is 8.18. The lowest BCUT2D eigenvalue weighted by atomic mass is 10.2. The van der Waals surface area contributed by atoms with Crippen LogP contribution in [0.5, 0.6) is 11.5 Å². The van der Waals surface area contributed by atoms with Gasteiger partial charge in [0.15, 0.2) is 0 Å². The number of para-hydroxylation sites is 1. The predicted octanol–water partition coefficient (Wildman–Crippen LogP) is 2.47. The summed E-state index contributed by atoms with van der Waals surface area (Å²) in [5.41, 5.74) is 6.87. The quantitative estimate of drug-likeness (QED) is 0.625. The van der Waals surface area contributed by atoms with Gasteiger partial charge in [0.25, 0.3) is 0 Å². The van der Waals surface area contributed by atoms with E-state index in [1.165, 1.54) is 0 Å². The molecule has 17 heavy (non-hydrogen) atoms. The van der Waals surface area contributed by atoms with Crippen LogP contribution in [-0.4, -0.2) is 10.8 Å². The largest absolute Gasteiger partial charge is 0.455 e. The molecule has 0 bridgehead atoms. The van der Waals surface area contributed by atoms with Crippen molar-refractivity contribution < 1.29 is 4.74 Å². The molecule has 0 radical (unpaired) electrons. The Labute approximate surface area is 99.6 Å². The molecule has 0 spiro atoms. The molecule has 0 unspecified atom stereocenters. The maximum Gasteiger partial charge on any atom is 0.148 e. The molecular formula is C13H13N3O. The molecule has 3 N–H and O–H groups in total. The molecule has 0 aliphatic rings. The fourth-order valence-corrected chi connectivity index (χ4v) is 1.47. The fraction of sp³-hybridized carbons (Fsp3) is 0.0769. The Hall–Kier alpha value is -2.36. The molecule has 4 nitrogen and oxygen atoms in total. The summed E-state index contributed by atoms with van der Waals surface area (Å²) in [6, 6.07) is 10.8. The van der Waals surface area contributed by atoms with E-state index in [1.807, 2.05) is 25.1 Å². The molecule has 4 heteroatoms. The van der Waals surface area contributed by atoms with Crippen molar-refractivity contribution in [3.05, 3.63) is 53.9 Å². The number of aromatic nitrogens is 1. The maximum atomic E-state index is 7.48. The normalized spacial score (nSPS) is 9.94. The maximum absolute atomic E-state index is 7.48. The number of hydrogen-bond acceptors (Lipinski definition) is 3. The van der Waals surface area contributed by atoms with Gasteiger partial charge in [0.05, 0.1) is 11.3 Å². The lowest BCUT2D eigenvalue weighted by molar-refractivity contribution is 0.474. The van der Waals surface area contributed by atoms with Gasteiger partial charge >= 0.3 is 0 Å². The Kier molecular flexibility index (Phi) is 3.05. The average molecular weight is 227 g/mol. The fourth-order valence-electron chi connectivity index (χ4n) is 1.47. The van der Waals surface area contributed by atoms with Crippen molar-refractivity contribution >= 4 is 5.84 Å². The number of rotatable bonds is 3. The summed E-state index contributed by atoms with van der Waals surface area (Å²) in [5.74, 6) is 1.22. The molecule has 1 heterocycles. The van der Waals surface area contributed by atoms with Crippen LogP contribution in [-0.2, 0) is 0 Å². The minimum Gasteiger partial charge on any atom is -0.455 e. The number of aryl methyl sites for hydroxylation is 1. The van der Waals surface area contributed by atoms with E-state index < -0.39 is 0 Å². The molecule has 0 fully saturated rings. The van der Waals surface area contributed by atoms with E-state index in [2.05, 4.69) is 4.98 Å². The van der Waals surface area contributed by atoms with Crippen LogP contribution in [0.15, 0.2) is 42.6 Å². The smallest absolute Gasteiger partial charge is 0.148 e. The average Bonchev–Trinajstić information content (AvgIpc) is 2.32. The number of pyridine rings is 1. The number of amidine groups is 1. The van der Waals surface area contributed by atoms with Crippen LogP contribution in [0, 0.1) is 12.3 Å². The lowest BCUT2D eigenvalue weighted by Crippen LogP contribution is -2.12. The van der Waals surface area contributed by atoms with Gasteiger partial charge in [-0.3, -0.25) is 10.4 Å². The van der Waals surface area contributed by atoms with Crippen molar-refractivity contribution in [1.29, 1.82) is 5.41 Å². The zero-order valence-corrected chi connectivity index (χ0v) is 9.47. The monoisotopic (exact) mass is 227 g/mol. The van der Waals surface area contributed by atoms with Gasteiger partial charge in [-0.1, -0.05) is 12.1 Å². The minimum atomic E-state index is -0.0119. The van der Waals surface area contributed by atoms with Gasteiger partial charge in [-0.2, -0.15) is 0 Å². The minimum absolute atomic E-state index is 0.0119. The number of nitrogens with two attached hydrogens (primary N) is 1. The Morgan fingerprint density at radius 3 is 2.59 bits per heavy atom. The number of nitrogen functional groups attached to an aromatic ring is 1. The highest BCUT2D eigenvalue weighted by Crippen LogP contribution is 2.26. The van der Waals surface area contributed by atoms with Crippen molar-refractivity contribution in [3.63, 3.8) is 0 Å². The molecule has 86 valence electrons. The van der Waals surface area contributed by atoms with E-state index in [1.54, 1.807) is 24.4 Å². The Balaban J connectivity index is 2.37. The van der Waals surface area contributed by atoms with Crippen LogP contribution in [0.4, 0.5) is 0 Å². The molecule has 0 saturated heterocycles. The first kappa shape index (κ1) is 11.1. The Bertz CT molecular complexity index is 552. The van der Waals surface area contributed by atoms with Crippen LogP contribution in [0.2, 0.25) is 0 Å². The second-order valence-corrected chi connectivity index (χ2v) is 3.60. The number of hydrogen-bond donors (Lipinski definition) is 2. The van der Waals surface area contributed by atoms with E-state index >= 15 is 0 Å². The van der Waals surface area contributed by atoms with Crippen LogP contribution < -0.4 is 10.5 Å². The van der Waals surface area contributed by atoms with E-state index in [4.69, 9.17) is 15.9 Å². The first-order valence-corrected chi connectivity index (χ1v) is 5.21. The van der Waals surface area contributed by atoms with Crippen molar-refractivity contribution in [3.8, 4) is 11.5 Å². The highest BCUT2D eigenvalue weighted by atomic mass is 16.5. The molecule has 0 saturated carbocycles. The summed E-state index contributed by atoms with van der Waals surface area (Å²) in [5, 5.41) is 7.48. The number of nitrogens with zero attached hydrogens (tertiary/aromatic N) is 1. The zero-order chi connectivity index (χ0) is 12.3. The van der Waals surface area contributed by atoms with Gasteiger partial charge in [0, 0.05) is 6.20 Å². The van der Waals surface area contributed by atoms with Gasteiger partial charge in [-0.05, 0) is 31.2 Å². The van der Waals surface area contributed by atoms with E-state index in [-0.39, 0.29) is 5.84 Å². The molecule has 1 aromatic carbocycles. The van der Waals surface area contributed by atoms with Gasteiger partial charge in [0.1, 0.15) is 17.3 Å². The van der Waals surface area contributed by atoms with E-state index in [9.17, 15) is 0 Å². The molecule has 0 atom stereocenters. The van der Waals surface area contributed by atoms with Gasteiger partial charge < -0.3 is 10.5 Å². The summed E-state index contributed by atoms with van der Waals surface area (Å²) in [4.78, 5) is 4.14. The first-order valence-electron chi connectivity index (χ1n) is 5.21. The molecule has 1 aromatic heterocycles. The van der Waals surface area contributed by atoms with Gasteiger partial charge in [0.2, 0.25) is 0 Å². The van der Waals surface area contributed by atoms with E-state index in [0.717, 1.165) is 5.69 Å². The third-order valence-corrected chi connectivity index (χ3v) is 2.36. The molecule has 2 rings (SSSR count). The summed E-state index contributed by atoms with van der Waals surface area (Å²) in [6.07, 6.45) is 1.71. The SMILES string of the molecule is Cc1ncccc1Oc1ccccc1C(=N)N. The Morgan fingerprint density at radius 2 is 1.88 bits per heavy atom. The van der Waals surface area contributed by atoms with Crippen LogP contribution in [0.1, 0.15) is 11.3 Å². The number of ether oxygens (including phenoxy) is 1. The second kappa shape index (κ2) is 4.65. The topological polar surface area (TPSA) is 72.0 Å².